The molecule has 1 aliphatic heterocycles. The number of anilines is 1. The van der Waals surface area contributed by atoms with Crippen molar-refractivity contribution in [2.24, 2.45) is 0 Å². The molecule has 1 aliphatic rings. The van der Waals surface area contributed by atoms with Gasteiger partial charge in [0.2, 0.25) is 0 Å². The van der Waals surface area contributed by atoms with Crippen LogP contribution in [0.1, 0.15) is 28.8 Å². The fraction of sp³-hybridized carbons (Fsp3) is 0.316. The van der Waals surface area contributed by atoms with Crippen LogP contribution in [0.15, 0.2) is 42.5 Å². The summed E-state index contributed by atoms with van der Waals surface area (Å²) in [6, 6.07) is 10.6. The number of carbonyl (C=O) groups is 1. The summed E-state index contributed by atoms with van der Waals surface area (Å²) in [5.41, 5.74) is 6.83. The normalized spacial score (nSPS) is 16.7. The van der Waals surface area contributed by atoms with E-state index in [1.165, 1.54) is 18.2 Å². The molecule has 8 heteroatoms. The molecule has 1 unspecified atom stereocenters. The van der Waals surface area contributed by atoms with Crippen LogP contribution in [-0.2, 0) is 6.54 Å². The van der Waals surface area contributed by atoms with Gasteiger partial charge < -0.3 is 11.1 Å². The first-order valence-electron chi connectivity index (χ1n) is 8.34. The Morgan fingerprint density at radius 3 is 2.48 bits per heavy atom. The van der Waals surface area contributed by atoms with Crippen LogP contribution in [-0.4, -0.2) is 29.9 Å². The molecule has 1 saturated heterocycles. The molecule has 1 heterocycles. The number of nitrogens with one attached hydrogen (secondary N) is 1. The van der Waals surface area contributed by atoms with Crippen LogP contribution in [0.4, 0.5) is 14.5 Å². The number of rotatable bonds is 4. The fourth-order valence-corrected chi connectivity index (χ4v) is 3.17. The first-order chi connectivity index (χ1) is 12.0. The lowest BCUT2D eigenvalue weighted by molar-refractivity contribution is 0.0899. The van der Waals surface area contributed by atoms with E-state index in [2.05, 4.69) is 5.32 Å². The molecule has 1 atom stereocenters. The smallest absolute Gasteiger partial charge is 0.251 e. The van der Waals surface area contributed by atoms with Crippen molar-refractivity contribution >= 4 is 36.4 Å². The summed E-state index contributed by atoms with van der Waals surface area (Å²) in [4.78, 5) is 14.3. The number of benzene rings is 2. The Labute approximate surface area is 169 Å². The van der Waals surface area contributed by atoms with Crippen LogP contribution in [0.3, 0.4) is 0 Å². The van der Waals surface area contributed by atoms with Gasteiger partial charge in [0, 0.05) is 35.9 Å². The Hall–Kier alpha value is -1.89. The summed E-state index contributed by atoms with van der Waals surface area (Å²) in [6.45, 7) is 1.50. The van der Waals surface area contributed by atoms with Gasteiger partial charge >= 0.3 is 0 Å². The maximum atomic E-state index is 13.8. The molecule has 0 spiro atoms. The lowest BCUT2D eigenvalue weighted by atomic mass is 10.0. The van der Waals surface area contributed by atoms with Crippen molar-refractivity contribution in [2.45, 2.75) is 25.4 Å². The van der Waals surface area contributed by atoms with Gasteiger partial charge in [-0.15, -0.1) is 24.8 Å². The molecule has 2 aromatic carbocycles. The number of amides is 1. The van der Waals surface area contributed by atoms with Gasteiger partial charge in [-0.1, -0.05) is 12.1 Å². The van der Waals surface area contributed by atoms with Gasteiger partial charge in [-0.3, -0.25) is 9.69 Å². The van der Waals surface area contributed by atoms with E-state index >= 15 is 0 Å². The molecule has 2 aromatic rings. The molecule has 4 nitrogen and oxygen atoms in total. The number of hydrogen-bond donors (Lipinski definition) is 2. The average Bonchev–Trinajstić information content (AvgIpc) is 2.59. The summed E-state index contributed by atoms with van der Waals surface area (Å²) in [5.74, 6) is -1.26. The number of nitrogens with zero attached hydrogens (tertiary/aromatic N) is 1. The van der Waals surface area contributed by atoms with Gasteiger partial charge in [-0.05, 0) is 49.7 Å². The van der Waals surface area contributed by atoms with E-state index in [1.807, 2.05) is 4.90 Å². The molecule has 148 valence electrons. The number of nitrogen functional groups attached to an aromatic ring is 1. The standard InChI is InChI=1S/C19H21F2N3O.2ClH/c20-17-7-2-8-18(21)16(17)12-24-9-3-6-15(11-24)23-19(25)13-4-1-5-14(22)10-13;;/h1-2,4-5,7-8,10,15H,3,6,9,11-12,22H2,(H,23,25);2*1H. The number of piperidine rings is 1. The van der Waals surface area contributed by atoms with Crippen LogP contribution in [0.2, 0.25) is 0 Å². The van der Waals surface area contributed by atoms with E-state index in [0.717, 1.165) is 19.4 Å². The molecule has 0 saturated carbocycles. The molecule has 27 heavy (non-hydrogen) atoms. The molecular formula is C19H23Cl2F2N3O. The van der Waals surface area contributed by atoms with Crippen molar-refractivity contribution < 1.29 is 13.6 Å². The Morgan fingerprint density at radius 1 is 1.15 bits per heavy atom. The Kier molecular flexibility index (Phi) is 8.96. The zero-order valence-electron chi connectivity index (χ0n) is 14.7. The molecule has 1 fully saturated rings. The lowest BCUT2D eigenvalue weighted by Gasteiger charge is -2.33. The van der Waals surface area contributed by atoms with E-state index < -0.39 is 11.6 Å². The quantitative estimate of drug-likeness (QED) is 0.743. The van der Waals surface area contributed by atoms with Crippen molar-refractivity contribution in [3.8, 4) is 0 Å². The number of hydrogen-bond acceptors (Lipinski definition) is 3. The van der Waals surface area contributed by atoms with Crippen LogP contribution in [0.5, 0.6) is 0 Å². The first kappa shape index (κ1) is 23.1. The average molecular weight is 418 g/mol. The van der Waals surface area contributed by atoms with Crippen molar-refractivity contribution in [1.82, 2.24) is 10.2 Å². The van der Waals surface area contributed by atoms with Crippen molar-refractivity contribution in [1.29, 1.82) is 0 Å². The molecule has 0 bridgehead atoms. The third-order valence-corrected chi connectivity index (χ3v) is 4.43. The second kappa shape index (κ2) is 10.4. The molecule has 0 aliphatic carbocycles. The van der Waals surface area contributed by atoms with Gasteiger partial charge in [0.25, 0.3) is 5.91 Å². The highest BCUT2D eigenvalue weighted by Gasteiger charge is 2.23. The van der Waals surface area contributed by atoms with E-state index in [1.54, 1.807) is 24.3 Å². The summed E-state index contributed by atoms with van der Waals surface area (Å²) in [7, 11) is 0. The summed E-state index contributed by atoms with van der Waals surface area (Å²) in [5, 5.41) is 2.98. The number of likely N-dealkylation sites (tertiary alicyclic amines) is 1. The minimum Gasteiger partial charge on any atom is -0.399 e. The summed E-state index contributed by atoms with van der Waals surface area (Å²) < 4.78 is 27.6. The van der Waals surface area contributed by atoms with E-state index in [0.29, 0.717) is 17.8 Å². The maximum absolute atomic E-state index is 13.8. The minimum absolute atomic E-state index is 0. The number of nitrogens with two attached hydrogens (primary N) is 1. The predicted octanol–water partition coefficient (Wildman–Crippen LogP) is 3.79. The molecule has 3 rings (SSSR count). The van der Waals surface area contributed by atoms with E-state index in [9.17, 15) is 13.6 Å². The molecule has 1 amide bonds. The molecule has 0 aromatic heterocycles. The number of halogens is 4. The molecular weight excluding hydrogens is 395 g/mol. The highest BCUT2D eigenvalue weighted by Crippen LogP contribution is 2.18. The monoisotopic (exact) mass is 417 g/mol. The third-order valence-electron chi connectivity index (χ3n) is 4.43. The molecule has 3 N–H and O–H groups in total. The Bertz CT molecular complexity index is 756. The fourth-order valence-electron chi connectivity index (χ4n) is 3.17. The van der Waals surface area contributed by atoms with E-state index in [-0.39, 0.29) is 48.9 Å². The largest absolute Gasteiger partial charge is 0.399 e. The first-order valence-corrected chi connectivity index (χ1v) is 8.34. The maximum Gasteiger partial charge on any atom is 0.251 e. The topological polar surface area (TPSA) is 58.4 Å². The van der Waals surface area contributed by atoms with Crippen LogP contribution >= 0.6 is 24.8 Å². The van der Waals surface area contributed by atoms with Crippen LogP contribution in [0.25, 0.3) is 0 Å². The third kappa shape index (κ3) is 6.06. The summed E-state index contributed by atoms with van der Waals surface area (Å²) in [6.07, 6.45) is 1.70. The van der Waals surface area contributed by atoms with Crippen molar-refractivity contribution in [3.63, 3.8) is 0 Å². The van der Waals surface area contributed by atoms with Crippen molar-refractivity contribution in [2.75, 3.05) is 18.8 Å². The lowest BCUT2D eigenvalue weighted by Crippen LogP contribution is -2.47. The predicted molar refractivity (Wildman–Crippen MR) is 107 cm³/mol. The minimum atomic E-state index is -0.536. The van der Waals surface area contributed by atoms with Gasteiger partial charge in [-0.25, -0.2) is 8.78 Å². The number of carbonyl (C=O) groups excluding carboxylic acids is 1. The second-order valence-electron chi connectivity index (χ2n) is 6.37. The summed E-state index contributed by atoms with van der Waals surface area (Å²) >= 11 is 0. The van der Waals surface area contributed by atoms with E-state index in [4.69, 9.17) is 5.73 Å². The van der Waals surface area contributed by atoms with Crippen LogP contribution < -0.4 is 11.1 Å². The SMILES string of the molecule is Cl.Cl.Nc1cccc(C(=O)NC2CCCN(Cc3c(F)cccc3F)C2)c1. The Balaban J connectivity index is 0.00000182. The van der Waals surface area contributed by atoms with Crippen LogP contribution in [0, 0.1) is 11.6 Å². The zero-order chi connectivity index (χ0) is 17.8. The molecule has 0 radical (unpaired) electrons. The van der Waals surface area contributed by atoms with Crippen molar-refractivity contribution in [3.05, 3.63) is 65.2 Å². The highest BCUT2D eigenvalue weighted by molar-refractivity contribution is 5.95. The van der Waals surface area contributed by atoms with Gasteiger partial charge in [0.15, 0.2) is 0 Å². The van der Waals surface area contributed by atoms with Gasteiger partial charge in [0.1, 0.15) is 11.6 Å². The van der Waals surface area contributed by atoms with Gasteiger partial charge in [-0.2, -0.15) is 0 Å². The second-order valence-corrected chi connectivity index (χ2v) is 6.37. The highest BCUT2D eigenvalue weighted by atomic mass is 35.5. The Morgan fingerprint density at radius 2 is 1.81 bits per heavy atom. The van der Waals surface area contributed by atoms with Gasteiger partial charge in [0.05, 0.1) is 0 Å². The zero-order valence-corrected chi connectivity index (χ0v) is 16.3.